The van der Waals surface area contributed by atoms with Gasteiger partial charge in [-0.1, -0.05) is 78.3 Å². The predicted molar refractivity (Wildman–Crippen MR) is 161 cm³/mol. The number of rotatable bonds is 5. The Kier molecular flexibility index (Phi) is 6.92. The summed E-state index contributed by atoms with van der Waals surface area (Å²) in [4.78, 5) is 5.33. The lowest BCUT2D eigenvalue weighted by Gasteiger charge is -2.57. The smallest absolute Gasteiger partial charge is 0.128 e. The molecule has 2 aliphatic rings. The molecule has 1 aliphatic heterocycles. The molecule has 38 heavy (non-hydrogen) atoms. The summed E-state index contributed by atoms with van der Waals surface area (Å²) in [6.45, 7) is 5.93. The van der Waals surface area contributed by atoms with Crippen LogP contribution in [0.1, 0.15) is 44.8 Å². The van der Waals surface area contributed by atoms with Gasteiger partial charge in [-0.2, -0.15) is 0 Å². The Morgan fingerprint density at radius 2 is 1.37 bits per heavy atom. The molecule has 6 rings (SSSR count). The van der Waals surface area contributed by atoms with E-state index in [2.05, 4.69) is 118 Å². The predicted octanol–water partition coefficient (Wildman–Crippen LogP) is 9.46. The SMILES string of the molecule is CC1(C)CCC2CN(c3ccc(Oc4ccccc4)cc3)C(c3ccc(Br)cc3)N(c3ccccc3)C2C1. The van der Waals surface area contributed by atoms with Crippen molar-refractivity contribution in [3.05, 3.63) is 119 Å². The van der Waals surface area contributed by atoms with Gasteiger partial charge in [0.1, 0.15) is 17.7 Å². The maximum Gasteiger partial charge on any atom is 0.128 e. The fraction of sp³-hybridized carbons (Fsp3) is 0.294. The van der Waals surface area contributed by atoms with Gasteiger partial charge in [0, 0.05) is 28.4 Å². The van der Waals surface area contributed by atoms with E-state index in [1.165, 1.54) is 36.2 Å². The molecule has 0 amide bonds. The van der Waals surface area contributed by atoms with Crippen LogP contribution in [0.4, 0.5) is 11.4 Å². The van der Waals surface area contributed by atoms with Gasteiger partial charge in [0.15, 0.2) is 0 Å². The van der Waals surface area contributed by atoms with Crippen LogP contribution in [0.3, 0.4) is 0 Å². The number of anilines is 2. The molecule has 3 nitrogen and oxygen atoms in total. The first-order valence-electron chi connectivity index (χ1n) is 13.7. The van der Waals surface area contributed by atoms with Crippen molar-refractivity contribution in [1.82, 2.24) is 0 Å². The minimum atomic E-state index is 0.0986. The van der Waals surface area contributed by atoms with E-state index in [0.717, 1.165) is 22.5 Å². The summed E-state index contributed by atoms with van der Waals surface area (Å²) in [5.41, 5.74) is 4.17. The Labute approximate surface area is 235 Å². The molecule has 1 saturated heterocycles. The van der Waals surface area contributed by atoms with Crippen molar-refractivity contribution in [3.63, 3.8) is 0 Å². The lowest BCUT2D eigenvalue weighted by molar-refractivity contribution is 0.135. The highest BCUT2D eigenvalue weighted by Gasteiger charge is 2.47. The Hall–Kier alpha value is -3.24. The molecule has 4 aromatic rings. The summed E-state index contributed by atoms with van der Waals surface area (Å²) in [5.74, 6) is 2.32. The molecule has 0 aromatic heterocycles. The number of ether oxygens (including phenoxy) is 1. The maximum absolute atomic E-state index is 6.11. The highest BCUT2D eigenvalue weighted by Crippen LogP contribution is 2.49. The first-order chi connectivity index (χ1) is 18.5. The molecule has 4 heteroatoms. The third-order valence-corrected chi connectivity index (χ3v) is 8.74. The third-order valence-electron chi connectivity index (χ3n) is 8.21. The van der Waals surface area contributed by atoms with E-state index in [1.807, 2.05) is 30.3 Å². The molecule has 194 valence electrons. The van der Waals surface area contributed by atoms with Crippen LogP contribution in [0.25, 0.3) is 0 Å². The highest BCUT2D eigenvalue weighted by molar-refractivity contribution is 9.10. The number of hydrogen-bond donors (Lipinski definition) is 0. The van der Waals surface area contributed by atoms with Crippen LogP contribution >= 0.6 is 15.9 Å². The minimum absolute atomic E-state index is 0.0986. The molecule has 0 N–H and O–H groups in total. The number of hydrogen-bond acceptors (Lipinski definition) is 3. The highest BCUT2D eigenvalue weighted by atomic mass is 79.9. The van der Waals surface area contributed by atoms with Crippen molar-refractivity contribution >= 4 is 27.3 Å². The van der Waals surface area contributed by atoms with Crippen LogP contribution in [0, 0.1) is 11.3 Å². The van der Waals surface area contributed by atoms with Gasteiger partial charge in [-0.05, 0) is 96.8 Å². The van der Waals surface area contributed by atoms with E-state index in [9.17, 15) is 0 Å². The lowest BCUT2D eigenvalue weighted by atomic mass is 9.68. The molecule has 1 saturated carbocycles. The number of nitrogens with zero attached hydrogens (tertiary/aromatic N) is 2. The normalized spacial score (nSPS) is 22.6. The second kappa shape index (κ2) is 10.5. The first-order valence-corrected chi connectivity index (χ1v) is 14.4. The zero-order valence-electron chi connectivity index (χ0n) is 22.1. The summed E-state index contributed by atoms with van der Waals surface area (Å²) >= 11 is 3.65. The average Bonchev–Trinajstić information content (AvgIpc) is 2.94. The second-order valence-corrected chi connectivity index (χ2v) is 12.4. The first kappa shape index (κ1) is 25.1. The van der Waals surface area contributed by atoms with Crippen molar-refractivity contribution in [2.75, 3.05) is 16.3 Å². The van der Waals surface area contributed by atoms with Gasteiger partial charge in [0.25, 0.3) is 0 Å². The molecule has 0 radical (unpaired) electrons. The van der Waals surface area contributed by atoms with E-state index in [0.29, 0.717) is 17.4 Å². The van der Waals surface area contributed by atoms with Crippen LogP contribution in [-0.2, 0) is 0 Å². The van der Waals surface area contributed by atoms with E-state index in [4.69, 9.17) is 4.74 Å². The standard InChI is InChI=1S/C34H35BrN2O/c1-34(2)22-21-26-24-36(28-17-19-31(20-18-28)38-30-11-7-4-8-12-30)33(25-13-15-27(35)16-14-25)37(32(26)23-34)29-9-5-3-6-10-29/h3-20,26,32-33H,21-24H2,1-2H3. The zero-order valence-corrected chi connectivity index (χ0v) is 23.7. The monoisotopic (exact) mass is 566 g/mol. The Morgan fingerprint density at radius 1 is 0.737 bits per heavy atom. The van der Waals surface area contributed by atoms with Crippen molar-refractivity contribution in [1.29, 1.82) is 0 Å². The Morgan fingerprint density at radius 3 is 2.05 bits per heavy atom. The van der Waals surface area contributed by atoms with Gasteiger partial charge in [-0.3, -0.25) is 0 Å². The van der Waals surface area contributed by atoms with Gasteiger partial charge in [0.2, 0.25) is 0 Å². The fourth-order valence-corrected chi connectivity index (χ4v) is 6.58. The number of para-hydroxylation sites is 2. The van der Waals surface area contributed by atoms with E-state index >= 15 is 0 Å². The van der Waals surface area contributed by atoms with Crippen molar-refractivity contribution in [2.45, 2.75) is 45.3 Å². The molecule has 3 unspecified atom stereocenters. The molecule has 3 atom stereocenters. The van der Waals surface area contributed by atoms with Crippen molar-refractivity contribution in [3.8, 4) is 11.5 Å². The average molecular weight is 568 g/mol. The van der Waals surface area contributed by atoms with Gasteiger partial charge >= 0.3 is 0 Å². The maximum atomic E-state index is 6.11. The number of benzene rings is 4. The molecule has 0 spiro atoms. The van der Waals surface area contributed by atoms with Gasteiger partial charge < -0.3 is 14.5 Å². The molecule has 2 fully saturated rings. The molecular formula is C34H35BrN2O. The molecule has 4 aromatic carbocycles. The summed E-state index contributed by atoms with van der Waals surface area (Å²) in [7, 11) is 0. The van der Waals surface area contributed by atoms with Crippen LogP contribution in [0.15, 0.2) is 114 Å². The Balaban J connectivity index is 1.42. The summed E-state index contributed by atoms with van der Waals surface area (Å²) in [5, 5.41) is 0. The van der Waals surface area contributed by atoms with Crippen LogP contribution in [0.2, 0.25) is 0 Å². The molecular weight excluding hydrogens is 532 g/mol. The van der Waals surface area contributed by atoms with E-state index in [-0.39, 0.29) is 6.17 Å². The molecule has 1 heterocycles. The van der Waals surface area contributed by atoms with Gasteiger partial charge in [-0.15, -0.1) is 0 Å². The largest absolute Gasteiger partial charge is 0.457 e. The van der Waals surface area contributed by atoms with Crippen molar-refractivity contribution < 1.29 is 4.74 Å². The fourth-order valence-electron chi connectivity index (χ4n) is 6.31. The van der Waals surface area contributed by atoms with Crippen LogP contribution < -0.4 is 14.5 Å². The topological polar surface area (TPSA) is 15.7 Å². The van der Waals surface area contributed by atoms with Crippen LogP contribution in [0.5, 0.6) is 11.5 Å². The van der Waals surface area contributed by atoms with Gasteiger partial charge in [-0.25, -0.2) is 0 Å². The van der Waals surface area contributed by atoms with E-state index in [1.54, 1.807) is 0 Å². The number of halogens is 1. The zero-order chi connectivity index (χ0) is 26.1. The Bertz CT molecular complexity index is 1340. The third kappa shape index (κ3) is 5.19. The lowest BCUT2D eigenvalue weighted by Crippen LogP contribution is -2.60. The molecule has 1 aliphatic carbocycles. The molecule has 0 bridgehead atoms. The summed E-state index contributed by atoms with van der Waals surface area (Å²) in [6.07, 6.45) is 3.83. The van der Waals surface area contributed by atoms with Crippen molar-refractivity contribution in [2.24, 2.45) is 11.3 Å². The van der Waals surface area contributed by atoms with E-state index < -0.39 is 0 Å². The minimum Gasteiger partial charge on any atom is -0.457 e. The summed E-state index contributed by atoms with van der Waals surface area (Å²) in [6, 6.07) is 39.1. The number of fused-ring (bicyclic) bond motifs is 1. The quantitative estimate of drug-likeness (QED) is 0.239. The van der Waals surface area contributed by atoms with Crippen LogP contribution in [-0.4, -0.2) is 12.6 Å². The summed E-state index contributed by atoms with van der Waals surface area (Å²) < 4.78 is 7.22. The second-order valence-electron chi connectivity index (χ2n) is 11.5. The van der Waals surface area contributed by atoms with Gasteiger partial charge in [0.05, 0.1) is 0 Å².